The van der Waals surface area contributed by atoms with E-state index in [4.69, 9.17) is 10.5 Å². The van der Waals surface area contributed by atoms with Gasteiger partial charge in [-0.15, -0.1) is 0 Å². The van der Waals surface area contributed by atoms with Gasteiger partial charge in [-0.2, -0.15) is 0 Å². The van der Waals surface area contributed by atoms with Gasteiger partial charge in [-0.05, 0) is 79.2 Å². The summed E-state index contributed by atoms with van der Waals surface area (Å²) in [6, 6.07) is 16.9. The van der Waals surface area contributed by atoms with E-state index < -0.39 is 0 Å². The molecule has 1 fully saturated rings. The lowest BCUT2D eigenvalue weighted by Crippen LogP contribution is -2.36. The fraction of sp³-hybridized carbons (Fsp3) is 0.400. The monoisotopic (exact) mass is 511 g/mol. The second-order valence-electron chi connectivity index (χ2n) is 10.7. The predicted octanol–water partition coefficient (Wildman–Crippen LogP) is 4.05. The number of nitrogens with zero attached hydrogens (tertiary/aromatic N) is 3. The van der Waals surface area contributed by atoms with Gasteiger partial charge < -0.3 is 20.7 Å². The van der Waals surface area contributed by atoms with Crippen LogP contribution in [0.2, 0.25) is 0 Å². The first kappa shape index (κ1) is 24.4. The van der Waals surface area contributed by atoms with Crippen molar-refractivity contribution in [2.75, 3.05) is 23.8 Å². The van der Waals surface area contributed by atoms with Crippen LogP contribution in [0.1, 0.15) is 65.1 Å². The highest BCUT2D eigenvalue weighted by Gasteiger charge is 2.30. The summed E-state index contributed by atoms with van der Waals surface area (Å²) in [6.45, 7) is 0.746. The van der Waals surface area contributed by atoms with Gasteiger partial charge in [-0.3, -0.25) is 9.59 Å². The molecular formula is C30H33N5O3. The predicted molar refractivity (Wildman–Crippen MR) is 145 cm³/mol. The van der Waals surface area contributed by atoms with Crippen LogP contribution >= 0.6 is 0 Å². The molecule has 8 heteroatoms. The normalized spacial score (nSPS) is 21.3. The van der Waals surface area contributed by atoms with Gasteiger partial charge in [0.2, 0.25) is 11.8 Å². The summed E-state index contributed by atoms with van der Waals surface area (Å²) >= 11 is 0. The van der Waals surface area contributed by atoms with Crippen molar-refractivity contribution in [2.24, 2.45) is 5.92 Å². The van der Waals surface area contributed by atoms with Crippen LogP contribution in [0.3, 0.4) is 0 Å². The summed E-state index contributed by atoms with van der Waals surface area (Å²) in [4.78, 5) is 35.6. The molecule has 2 heterocycles. The second kappa shape index (κ2) is 10.4. The molecule has 1 aliphatic heterocycles. The molecule has 0 radical (unpaired) electrons. The average Bonchev–Trinajstić information content (AvgIpc) is 3.25. The third-order valence-electron chi connectivity index (χ3n) is 8.27. The van der Waals surface area contributed by atoms with Crippen LogP contribution in [0, 0.1) is 5.92 Å². The van der Waals surface area contributed by atoms with E-state index in [1.54, 1.807) is 4.90 Å². The molecule has 0 atom stereocenters. The minimum absolute atomic E-state index is 0.127. The second-order valence-corrected chi connectivity index (χ2v) is 10.7. The standard InChI is InChI=1S/C30H33N5O3/c31-28-27-29(33-18-32-28)38-14-13-35(30(27)37)25-11-9-21(10-12-25)20-7-5-19(6-8-20)15-26(36)34-24-16-22-3-1-2-4-23(22)17-24/h1-4,9-12,18-20,24H,5-8,13-17H2,(H,34,36)(H2,31,32,33). The minimum Gasteiger partial charge on any atom is -0.475 e. The molecule has 0 spiro atoms. The van der Waals surface area contributed by atoms with Gasteiger partial charge in [0.1, 0.15) is 24.3 Å². The van der Waals surface area contributed by atoms with E-state index >= 15 is 0 Å². The fourth-order valence-electron chi connectivity index (χ4n) is 6.25. The number of nitrogens with two attached hydrogens (primary N) is 1. The highest BCUT2D eigenvalue weighted by atomic mass is 16.5. The zero-order valence-electron chi connectivity index (χ0n) is 21.4. The maximum atomic E-state index is 13.2. The Labute approximate surface area is 222 Å². The van der Waals surface area contributed by atoms with Crippen molar-refractivity contribution in [3.8, 4) is 5.88 Å². The van der Waals surface area contributed by atoms with Crippen molar-refractivity contribution < 1.29 is 14.3 Å². The summed E-state index contributed by atoms with van der Waals surface area (Å²) in [6.07, 6.45) is 8.07. The number of aromatic nitrogens is 2. The van der Waals surface area contributed by atoms with Gasteiger partial charge in [-0.1, -0.05) is 36.4 Å². The smallest absolute Gasteiger partial charge is 0.267 e. The van der Waals surface area contributed by atoms with E-state index in [-0.39, 0.29) is 35.1 Å². The molecule has 196 valence electrons. The number of ether oxygens (including phenoxy) is 1. The van der Waals surface area contributed by atoms with Crippen LogP contribution in [-0.2, 0) is 17.6 Å². The van der Waals surface area contributed by atoms with E-state index in [0.717, 1.165) is 44.2 Å². The van der Waals surface area contributed by atoms with Crippen LogP contribution in [0.25, 0.3) is 0 Å². The van der Waals surface area contributed by atoms with Crippen molar-refractivity contribution >= 4 is 23.3 Å². The Morgan fingerprint density at radius 1 is 1.00 bits per heavy atom. The Bertz CT molecular complexity index is 1310. The van der Waals surface area contributed by atoms with Crippen molar-refractivity contribution in [1.29, 1.82) is 0 Å². The number of benzene rings is 2. The molecule has 8 nitrogen and oxygen atoms in total. The van der Waals surface area contributed by atoms with Crippen LogP contribution in [0.15, 0.2) is 54.9 Å². The fourth-order valence-corrected chi connectivity index (χ4v) is 6.25. The largest absolute Gasteiger partial charge is 0.475 e. The van der Waals surface area contributed by atoms with Crippen molar-refractivity contribution in [3.05, 3.63) is 77.1 Å². The number of fused-ring (bicyclic) bond motifs is 2. The van der Waals surface area contributed by atoms with Gasteiger partial charge in [0, 0.05) is 18.2 Å². The van der Waals surface area contributed by atoms with E-state index in [0.29, 0.717) is 31.4 Å². The van der Waals surface area contributed by atoms with Gasteiger partial charge in [0.15, 0.2) is 0 Å². The summed E-state index contributed by atoms with van der Waals surface area (Å²) in [5, 5.41) is 3.28. The highest BCUT2D eigenvalue weighted by molar-refractivity contribution is 6.10. The van der Waals surface area contributed by atoms with E-state index in [1.807, 2.05) is 12.1 Å². The molecule has 3 aromatic rings. The molecule has 0 saturated heterocycles. The molecular weight excluding hydrogens is 478 g/mol. The maximum absolute atomic E-state index is 13.2. The maximum Gasteiger partial charge on any atom is 0.267 e. The molecule has 2 aliphatic carbocycles. The number of nitrogen functional groups attached to an aromatic ring is 1. The first-order valence-electron chi connectivity index (χ1n) is 13.6. The Morgan fingerprint density at radius 3 is 2.42 bits per heavy atom. The number of nitrogens with one attached hydrogen (secondary N) is 1. The zero-order chi connectivity index (χ0) is 26.1. The van der Waals surface area contributed by atoms with Crippen molar-refractivity contribution in [1.82, 2.24) is 15.3 Å². The Balaban J connectivity index is 1.02. The third-order valence-corrected chi connectivity index (χ3v) is 8.27. The summed E-state index contributed by atoms with van der Waals surface area (Å²) in [5.41, 5.74) is 11.0. The SMILES string of the molecule is Nc1ncnc2c1C(=O)N(c1ccc(C3CCC(CC(=O)NC4Cc5ccccc5C4)CC3)cc1)CCO2. The number of carbonyl (C=O) groups excluding carboxylic acids is 2. The van der Waals surface area contributed by atoms with Gasteiger partial charge >= 0.3 is 0 Å². The molecule has 3 aliphatic rings. The van der Waals surface area contributed by atoms with Crippen molar-refractivity contribution in [2.45, 2.75) is 56.9 Å². The molecule has 0 bridgehead atoms. The van der Waals surface area contributed by atoms with Gasteiger partial charge in [0.25, 0.3) is 5.91 Å². The average molecular weight is 512 g/mol. The molecule has 6 rings (SSSR count). The number of hydrogen-bond acceptors (Lipinski definition) is 6. The van der Waals surface area contributed by atoms with Crippen LogP contribution in [0.4, 0.5) is 11.5 Å². The number of rotatable bonds is 5. The Kier molecular flexibility index (Phi) is 6.70. The van der Waals surface area contributed by atoms with Crippen LogP contribution in [0.5, 0.6) is 5.88 Å². The van der Waals surface area contributed by atoms with Crippen molar-refractivity contribution in [3.63, 3.8) is 0 Å². The topological polar surface area (TPSA) is 110 Å². The van der Waals surface area contributed by atoms with Crippen LogP contribution in [-0.4, -0.2) is 41.0 Å². The van der Waals surface area contributed by atoms with Gasteiger partial charge in [-0.25, -0.2) is 9.97 Å². The summed E-state index contributed by atoms with van der Waals surface area (Å²) < 4.78 is 5.64. The van der Waals surface area contributed by atoms with E-state index in [1.165, 1.54) is 23.0 Å². The Morgan fingerprint density at radius 2 is 1.71 bits per heavy atom. The molecule has 38 heavy (non-hydrogen) atoms. The van der Waals surface area contributed by atoms with Gasteiger partial charge in [0.05, 0.1) is 6.54 Å². The quantitative estimate of drug-likeness (QED) is 0.535. The summed E-state index contributed by atoms with van der Waals surface area (Å²) in [5.74, 6) is 1.22. The number of anilines is 2. The lowest BCUT2D eigenvalue weighted by Gasteiger charge is -2.29. The number of carbonyl (C=O) groups is 2. The first-order valence-corrected chi connectivity index (χ1v) is 13.6. The summed E-state index contributed by atoms with van der Waals surface area (Å²) in [7, 11) is 0. The minimum atomic E-state index is -0.247. The lowest BCUT2D eigenvalue weighted by atomic mass is 9.77. The zero-order valence-corrected chi connectivity index (χ0v) is 21.4. The highest BCUT2D eigenvalue weighted by Crippen LogP contribution is 2.38. The molecule has 1 saturated carbocycles. The van der Waals surface area contributed by atoms with E-state index in [2.05, 4.69) is 51.7 Å². The number of amides is 2. The molecule has 2 aromatic carbocycles. The lowest BCUT2D eigenvalue weighted by molar-refractivity contribution is -0.122. The molecule has 1 aromatic heterocycles. The molecule has 0 unspecified atom stereocenters. The van der Waals surface area contributed by atoms with E-state index in [9.17, 15) is 9.59 Å². The molecule has 2 amide bonds. The molecule has 3 N–H and O–H groups in total. The third kappa shape index (κ3) is 4.95. The van der Waals surface area contributed by atoms with Crippen LogP contribution < -0.4 is 20.7 Å². The number of hydrogen-bond donors (Lipinski definition) is 2. The first-order chi connectivity index (χ1) is 18.5. The Hall–Kier alpha value is -3.94.